The summed E-state index contributed by atoms with van der Waals surface area (Å²) in [7, 11) is -0.471. The van der Waals surface area contributed by atoms with Crippen LogP contribution in [0.3, 0.4) is 0 Å². The van der Waals surface area contributed by atoms with Crippen molar-refractivity contribution in [3.8, 4) is 0 Å². The number of ether oxygens (including phenoxy) is 1. The molecule has 8 heteroatoms. The van der Waals surface area contributed by atoms with Crippen LogP contribution in [0.5, 0.6) is 0 Å². The van der Waals surface area contributed by atoms with Crippen LogP contribution in [0, 0.1) is 0 Å². The molecule has 0 radical (unpaired) electrons. The van der Waals surface area contributed by atoms with E-state index in [1.165, 1.54) is 13.2 Å². The molecule has 108 valence electrons. The predicted molar refractivity (Wildman–Crippen MR) is 76.3 cm³/mol. The molecule has 0 unspecified atom stereocenters. The Bertz CT molecular complexity index is 535. The number of halogens is 2. The van der Waals surface area contributed by atoms with Gasteiger partial charge in [-0.05, 0) is 24.7 Å². The van der Waals surface area contributed by atoms with E-state index in [9.17, 15) is 8.42 Å². The first-order valence-electron chi connectivity index (χ1n) is 5.53. The Balaban J connectivity index is 3.11. The molecule has 0 aliphatic rings. The van der Waals surface area contributed by atoms with E-state index in [4.69, 9.17) is 27.9 Å². The van der Waals surface area contributed by atoms with Crippen molar-refractivity contribution >= 4 is 33.2 Å². The molecule has 0 aromatic heterocycles. The fourth-order valence-electron chi connectivity index (χ4n) is 1.49. The normalized spacial score (nSPS) is 11.8. The van der Waals surface area contributed by atoms with Crippen molar-refractivity contribution in [2.75, 3.05) is 27.3 Å². The largest absolute Gasteiger partial charge is 0.383 e. The van der Waals surface area contributed by atoms with Crippen molar-refractivity contribution in [1.29, 1.82) is 0 Å². The standard InChI is InChI=1S/C11H16Cl2N2O3S/c1-14-7-8-5-9(12)6-10(11(8)13)19(16,17)15-3-4-18-2/h5-6,14-15H,3-4,7H2,1-2H3. The summed E-state index contributed by atoms with van der Waals surface area (Å²) in [5, 5.41) is 3.40. The summed E-state index contributed by atoms with van der Waals surface area (Å²) in [5.74, 6) is 0. The summed E-state index contributed by atoms with van der Waals surface area (Å²) in [4.78, 5) is -0.0250. The lowest BCUT2D eigenvalue weighted by atomic mass is 10.2. The van der Waals surface area contributed by atoms with E-state index in [1.807, 2.05) is 0 Å². The van der Waals surface area contributed by atoms with E-state index in [2.05, 4.69) is 10.0 Å². The molecule has 0 amide bonds. The average molecular weight is 327 g/mol. The maximum atomic E-state index is 12.1. The third kappa shape index (κ3) is 4.59. The summed E-state index contributed by atoms with van der Waals surface area (Å²) in [6, 6.07) is 2.97. The predicted octanol–water partition coefficient (Wildman–Crippen LogP) is 1.64. The molecule has 0 spiro atoms. The third-order valence-electron chi connectivity index (χ3n) is 2.33. The smallest absolute Gasteiger partial charge is 0.242 e. The Labute approximate surface area is 123 Å². The fraction of sp³-hybridized carbons (Fsp3) is 0.455. The Morgan fingerprint density at radius 3 is 2.58 bits per heavy atom. The second-order valence-electron chi connectivity index (χ2n) is 3.80. The molecule has 0 aliphatic carbocycles. The van der Waals surface area contributed by atoms with Crippen LogP contribution in [0.4, 0.5) is 0 Å². The van der Waals surface area contributed by atoms with E-state index in [1.54, 1.807) is 13.1 Å². The summed E-state index contributed by atoms with van der Waals surface area (Å²) >= 11 is 12.0. The molecule has 1 aromatic carbocycles. The number of hydrogen-bond acceptors (Lipinski definition) is 4. The van der Waals surface area contributed by atoms with Gasteiger partial charge >= 0.3 is 0 Å². The first kappa shape index (κ1) is 16.7. The van der Waals surface area contributed by atoms with Crippen molar-refractivity contribution < 1.29 is 13.2 Å². The lowest BCUT2D eigenvalue weighted by Crippen LogP contribution is -2.27. The Kier molecular flexibility index (Phi) is 6.52. The van der Waals surface area contributed by atoms with Crippen LogP contribution in [0.1, 0.15) is 5.56 Å². The Morgan fingerprint density at radius 2 is 2.00 bits per heavy atom. The van der Waals surface area contributed by atoms with Gasteiger partial charge in [0.1, 0.15) is 4.90 Å². The average Bonchev–Trinajstić information content (AvgIpc) is 2.33. The first-order chi connectivity index (χ1) is 8.92. The Hall–Kier alpha value is -0.370. The highest BCUT2D eigenvalue weighted by molar-refractivity contribution is 7.89. The summed E-state index contributed by atoms with van der Waals surface area (Å²) in [5.41, 5.74) is 0.629. The van der Waals surface area contributed by atoms with Crippen molar-refractivity contribution in [2.45, 2.75) is 11.4 Å². The molecular formula is C11H16Cl2N2O3S. The molecule has 1 rings (SSSR count). The number of methoxy groups -OCH3 is 1. The second-order valence-corrected chi connectivity index (χ2v) is 6.35. The monoisotopic (exact) mass is 326 g/mol. The van der Waals surface area contributed by atoms with Crippen molar-refractivity contribution in [3.63, 3.8) is 0 Å². The van der Waals surface area contributed by atoms with Gasteiger partial charge in [0.25, 0.3) is 0 Å². The number of rotatable bonds is 7. The highest BCUT2D eigenvalue weighted by Gasteiger charge is 2.20. The lowest BCUT2D eigenvalue weighted by Gasteiger charge is -2.12. The summed E-state index contributed by atoms with van der Waals surface area (Å²) < 4.78 is 31.4. The third-order valence-corrected chi connectivity index (χ3v) is 4.60. The summed E-state index contributed by atoms with van der Waals surface area (Å²) in [6.07, 6.45) is 0. The minimum atomic E-state index is -3.70. The molecule has 0 heterocycles. The lowest BCUT2D eigenvalue weighted by molar-refractivity contribution is 0.204. The quantitative estimate of drug-likeness (QED) is 0.747. The molecule has 19 heavy (non-hydrogen) atoms. The van der Waals surface area contributed by atoms with Crippen LogP contribution in [0.15, 0.2) is 17.0 Å². The van der Waals surface area contributed by atoms with Gasteiger partial charge in [0, 0.05) is 25.2 Å². The second kappa shape index (κ2) is 7.42. The number of sulfonamides is 1. The maximum absolute atomic E-state index is 12.1. The summed E-state index contributed by atoms with van der Waals surface area (Å²) in [6.45, 7) is 0.879. The van der Waals surface area contributed by atoms with Crippen LogP contribution in [0.25, 0.3) is 0 Å². The van der Waals surface area contributed by atoms with Gasteiger partial charge in [-0.3, -0.25) is 0 Å². The highest BCUT2D eigenvalue weighted by atomic mass is 35.5. The van der Waals surface area contributed by atoms with Gasteiger partial charge in [0.2, 0.25) is 10.0 Å². The van der Waals surface area contributed by atoms with Gasteiger partial charge in [-0.25, -0.2) is 13.1 Å². The van der Waals surface area contributed by atoms with E-state index in [-0.39, 0.29) is 23.1 Å². The van der Waals surface area contributed by atoms with E-state index >= 15 is 0 Å². The van der Waals surface area contributed by atoms with Gasteiger partial charge < -0.3 is 10.1 Å². The molecular weight excluding hydrogens is 311 g/mol. The van der Waals surface area contributed by atoms with E-state index in [0.717, 1.165) is 0 Å². The van der Waals surface area contributed by atoms with Gasteiger partial charge in [-0.15, -0.1) is 0 Å². The van der Waals surface area contributed by atoms with Crippen molar-refractivity contribution in [1.82, 2.24) is 10.0 Å². The van der Waals surface area contributed by atoms with Crippen LogP contribution in [-0.4, -0.2) is 35.7 Å². The zero-order valence-corrected chi connectivity index (χ0v) is 13.0. The molecule has 0 fully saturated rings. The van der Waals surface area contributed by atoms with Crippen LogP contribution in [-0.2, 0) is 21.3 Å². The molecule has 1 aromatic rings. The topological polar surface area (TPSA) is 67.4 Å². The minimum absolute atomic E-state index is 0.0250. The SMILES string of the molecule is CNCc1cc(Cl)cc(S(=O)(=O)NCCOC)c1Cl. The van der Waals surface area contributed by atoms with Gasteiger partial charge in [-0.2, -0.15) is 0 Å². The molecule has 0 bridgehead atoms. The highest BCUT2D eigenvalue weighted by Crippen LogP contribution is 2.29. The number of benzene rings is 1. The minimum Gasteiger partial charge on any atom is -0.383 e. The van der Waals surface area contributed by atoms with Crippen molar-refractivity contribution in [2.24, 2.45) is 0 Å². The van der Waals surface area contributed by atoms with E-state index in [0.29, 0.717) is 17.1 Å². The zero-order valence-electron chi connectivity index (χ0n) is 10.7. The molecule has 2 N–H and O–H groups in total. The molecule has 0 saturated carbocycles. The first-order valence-corrected chi connectivity index (χ1v) is 7.77. The zero-order chi connectivity index (χ0) is 14.5. The van der Waals surface area contributed by atoms with Crippen LogP contribution >= 0.6 is 23.2 Å². The maximum Gasteiger partial charge on any atom is 0.242 e. The molecule has 0 atom stereocenters. The van der Waals surface area contributed by atoms with E-state index < -0.39 is 10.0 Å². The van der Waals surface area contributed by atoms with Gasteiger partial charge in [-0.1, -0.05) is 23.2 Å². The Morgan fingerprint density at radius 1 is 1.32 bits per heavy atom. The van der Waals surface area contributed by atoms with Crippen LogP contribution in [0.2, 0.25) is 10.0 Å². The number of hydrogen-bond donors (Lipinski definition) is 2. The number of nitrogens with one attached hydrogen (secondary N) is 2. The fourth-order valence-corrected chi connectivity index (χ4v) is 3.43. The van der Waals surface area contributed by atoms with Crippen LogP contribution < -0.4 is 10.0 Å². The van der Waals surface area contributed by atoms with Gasteiger partial charge in [0.15, 0.2) is 0 Å². The molecule has 5 nitrogen and oxygen atoms in total. The molecule has 0 aliphatic heterocycles. The van der Waals surface area contributed by atoms with Gasteiger partial charge in [0.05, 0.1) is 11.6 Å². The van der Waals surface area contributed by atoms with Crippen molar-refractivity contribution in [3.05, 3.63) is 27.7 Å². The molecule has 0 saturated heterocycles.